The zero-order valence-electron chi connectivity index (χ0n) is 7.55. The van der Waals surface area contributed by atoms with Gasteiger partial charge in [-0.25, -0.2) is 4.98 Å². The molecule has 0 unspecified atom stereocenters. The maximum Gasteiger partial charge on any atom is 0.241 e. The first-order chi connectivity index (χ1) is 6.79. The summed E-state index contributed by atoms with van der Waals surface area (Å²) in [7, 11) is 1.71. The van der Waals surface area contributed by atoms with Gasteiger partial charge in [-0.2, -0.15) is 15.0 Å². The van der Waals surface area contributed by atoms with Crippen molar-refractivity contribution in [3.63, 3.8) is 0 Å². The SMILES string of the molecule is CNc1nc(N)nc(-n2ccnc2)n1. The quantitative estimate of drug-likeness (QED) is 0.675. The lowest BCUT2D eigenvalue weighted by Gasteiger charge is -2.03. The highest BCUT2D eigenvalue weighted by Crippen LogP contribution is 2.05. The number of hydrogen-bond acceptors (Lipinski definition) is 6. The van der Waals surface area contributed by atoms with Gasteiger partial charge in [-0.3, -0.25) is 4.57 Å². The number of nitrogens with zero attached hydrogens (tertiary/aromatic N) is 5. The molecule has 2 aromatic rings. The summed E-state index contributed by atoms with van der Waals surface area (Å²) in [6.45, 7) is 0. The first-order valence-corrected chi connectivity index (χ1v) is 3.97. The molecule has 0 saturated carbocycles. The number of nitrogens with two attached hydrogens (primary N) is 1. The molecule has 0 aromatic carbocycles. The minimum Gasteiger partial charge on any atom is -0.368 e. The lowest BCUT2D eigenvalue weighted by Crippen LogP contribution is -2.08. The highest BCUT2D eigenvalue weighted by molar-refractivity contribution is 5.34. The molecule has 0 saturated heterocycles. The van der Waals surface area contributed by atoms with Crippen molar-refractivity contribution in [2.24, 2.45) is 0 Å². The van der Waals surface area contributed by atoms with Crippen LogP contribution in [-0.2, 0) is 0 Å². The zero-order valence-corrected chi connectivity index (χ0v) is 7.55. The van der Waals surface area contributed by atoms with E-state index in [4.69, 9.17) is 5.73 Å². The third kappa shape index (κ3) is 1.47. The molecule has 7 heteroatoms. The van der Waals surface area contributed by atoms with E-state index in [0.29, 0.717) is 11.9 Å². The number of imidazole rings is 1. The second-order valence-corrected chi connectivity index (χ2v) is 2.54. The van der Waals surface area contributed by atoms with E-state index >= 15 is 0 Å². The topological polar surface area (TPSA) is 94.5 Å². The molecule has 3 N–H and O–H groups in total. The smallest absolute Gasteiger partial charge is 0.241 e. The number of anilines is 2. The Labute approximate surface area is 80.0 Å². The standard InChI is InChI=1S/C7H9N7/c1-9-6-11-5(8)12-7(13-6)14-3-2-10-4-14/h2-4H,1H3,(H3,8,9,11,12,13). The van der Waals surface area contributed by atoms with Crippen LogP contribution in [0.4, 0.5) is 11.9 Å². The maximum absolute atomic E-state index is 5.51. The Morgan fingerprint density at radius 1 is 1.36 bits per heavy atom. The fraction of sp³-hybridized carbons (Fsp3) is 0.143. The van der Waals surface area contributed by atoms with Crippen LogP contribution in [0.5, 0.6) is 0 Å². The van der Waals surface area contributed by atoms with Gasteiger partial charge >= 0.3 is 0 Å². The minimum atomic E-state index is 0.174. The molecule has 14 heavy (non-hydrogen) atoms. The molecule has 0 amide bonds. The molecular weight excluding hydrogens is 182 g/mol. The van der Waals surface area contributed by atoms with E-state index in [2.05, 4.69) is 25.3 Å². The minimum absolute atomic E-state index is 0.174. The third-order valence-electron chi connectivity index (χ3n) is 1.60. The summed E-state index contributed by atoms with van der Waals surface area (Å²) in [5.74, 6) is 1.05. The molecule has 72 valence electrons. The van der Waals surface area contributed by atoms with Crippen LogP contribution in [-0.4, -0.2) is 31.6 Å². The molecule has 0 aliphatic rings. The average molecular weight is 191 g/mol. The highest BCUT2D eigenvalue weighted by Gasteiger charge is 2.03. The zero-order chi connectivity index (χ0) is 9.97. The molecule has 0 bridgehead atoms. The number of rotatable bonds is 2. The van der Waals surface area contributed by atoms with Crippen molar-refractivity contribution in [1.82, 2.24) is 24.5 Å². The predicted molar refractivity (Wildman–Crippen MR) is 50.9 cm³/mol. The van der Waals surface area contributed by atoms with Gasteiger partial charge in [0, 0.05) is 19.4 Å². The van der Waals surface area contributed by atoms with Crippen LogP contribution in [0.15, 0.2) is 18.7 Å². The second kappa shape index (κ2) is 3.29. The molecule has 0 radical (unpaired) electrons. The van der Waals surface area contributed by atoms with E-state index < -0.39 is 0 Å². The molecule has 2 heterocycles. The van der Waals surface area contributed by atoms with Gasteiger partial charge < -0.3 is 11.1 Å². The highest BCUT2D eigenvalue weighted by atomic mass is 15.3. The Bertz CT molecular complexity index is 422. The van der Waals surface area contributed by atoms with Crippen LogP contribution in [0.25, 0.3) is 5.95 Å². The van der Waals surface area contributed by atoms with Crippen molar-refractivity contribution in [3.05, 3.63) is 18.7 Å². The molecule has 0 aliphatic heterocycles. The van der Waals surface area contributed by atoms with Crippen LogP contribution in [0.3, 0.4) is 0 Å². The van der Waals surface area contributed by atoms with E-state index in [1.165, 1.54) is 0 Å². The fourth-order valence-corrected chi connectivity index (χ4v) is 0.985. The van der Waals surface area contributed by atoms with Crippen LogP contribution < -0.4 is 11.1 Å². The summed E-state index contributed by atoms with van der Waals surface area (Å²) in [6.07, 6.45) is 4.96. The van der Waals surface area contributed by atoms with Crippen molar-refractivity contribution in [1.29, 1.82) is 0 Å². The van der Waals surface area contributed by atoms with Gasteiger partial charge in [0.05, 0.1) is 0 Å². The lowest BCUT2D eigenvalue weighted by atomic mass is 10.8. The normalized spacial score (nSPS) is 10.1. The summed E-state index contributed by atoms with van der Waals surface area (Å²) in [5, 5.41) is 2.79. The third-order valence-corrected chi connectivity index (χ3v) is 1.60. The Balaban J connectivity index is 2.48. The van der Waals surface area contributed by atoms with Crippen LogP contribution in [0.2, 0.25) is 0 Å². The summed E-state index contributed by atoms with van der Waals surface area (Å²) in [6, 6.07) is 0. The predicted octanol–water partition coefficient (Wildman–Crippen LogP) is -0.319. The largest absolute Gasteiger partial charge is 0.368 e. The molecule has 0 spiro atoms. The maximum atomic E-state index is 5.51. The van der Waals surface area contributed by atoms with Gasteiger partial charge in [-0.15, -0.1) is 0 Å². The molecule has 0 atom stereocenters. The van der Waals surface area contributed by atoms with E-state index in [-0.39, 0.29) is 5.95 Å². The molecule has 2 rings (SSSR count). The molecule has 0 aliphatic carbocycles. The van der Waals surface area contributed by atoms with Gasteiger partial charge in [0.2, 0.25) is 17.8 Å². The van der Waals surface area contributed by atoms with Crippen molar-refractivity contribution >= 4 is 11.9 Å². The summed E-state index contributed by atoms with van der Waals surface area (Å²) in [5.41, 5.74) is 5.51. The Hall–Kier alpha value is -2.18. The van der Waals surface area contributed by atoms with Gasteiger partial charge in [0.25, 0.3) is 0 Å². The Kier molecular flexibility index (Phi) is 1.98. The van der Waals surface area contributed by atoms with Crippen molar-refractivity contribution in [3.8, 4) is 5.95 Å². The first kappa shape index (κ1) is 8.42. The first-order valence-electron chi connectivity index (χ1n) is 3.97. The summed E-state index contributed by atoms with van der Waals surface area (Å²) < 4.78 is 1.65. The van der Waals surface area contributed by atoms with E-state index in [1.807, 2.05) is 0 Å². The number of nitrogens with one attached hydrogen (secondary N) is 1. The van der Waals surface area contributed by atoms with Crippen LogP contribution in [0.1, 0.15) is 0 Å². The number of hydrogen-bond donors (Lipinski definition) is 2. The summed E-state index contributed by atoms with van der Waals surface area (Å²) >= 11 is 0. The molecule has 2 aromatic heterocycles. The number of aromatic nitrogens is 5. The summed E-state index contributed by atoms with van der Waals surface area (Å²) in [4.78, 5) is 15.8. The second-order valence-electron chi connectivity index (χ2n) is 2.54. The Morgan fingerprint density at radius 2 is 2.21 bits per heavy atom. The molecule has 7 nitrogen and oxygen atoms in total. The van der Waals surface area contributed by atoms with Crippen molar-refractivity contribution in [2.45, 2.75) is 0 Å². The lowest BCUT2D eigenvalue weighted by molar-refractivity contribution is 0.904. The molecular formula is C7H9N7. The van der Waals surface area contributed by atoms with Gasteiger partial charge in [0.1, 0.15) is 6.33 Å². The molecule has 0 fully saturated rings. The average Bonchev–Trinajstić information content (AvgIpc) is 2.69. The van der Waals surface area contributed by atoms with E-state index in [1.54, 1.807) is 30.3 Å². The van der Waals surface area contributed by atoms with Crippen LogP contribution >= 0.6 is 0 Å². The van der Waals surface area contributed by atoms with Crippen molar-refractivity contribution < 1.29 is 0 Å². The van der Waals surface area contributed by atoms with Gasteiger partial charge in [-0.1, -0.05) is 0 Å². The monoisotopic (exact) mass is 191 g/mol. The van der Waals surface area contributed by atoms with Crippen LogP contribution in [0, 0.1) is 0 Å². The van der Waals surface area contributed by atoms with E-state index in [9.17, 15) is 0 Å². The van der Waals surface area contributed by atoms with Crippen molar-refractivity contribution in [2.75, 3.05) is 18.1 Å². The number of nitrogen functional groups attached to an aromatic ring is 1. The Morgan fingerprint density at radius 3 is 2.86 bits per heavy atom. The van der Waals surface area contributed by atoms with Gasteiger partial charge in [-0.05, 0) is 0 Å². The van der Waals surface area contributed by atoms with Gasteiger partial charge in [0.15, 0.2) is 0 Å². The fourth-order valence-electron chi connectivity index (χ4n) is 0.985. The van der Waals surface area contributed by atoms with E-state index in [0.717, 1.165) is 0 Å².